The summed E-state index contributed by atoms with van der Waals surface area (Å²) in [5.41, 5.74) is 0. The third-order valence-electron chi connectivity index (χ3n) is 2.64. The molecule has 170 valence electrons. The van der Waals surface area contributed by atoms with Gasteiger partial charge in [-0.2, -0.15) is 25.3 Å². The SMILES string of the molecule is CS(=O)(=O)OCCOCC(COCCOS(C)(=O)=O)COCCOS(C)(=O)=O. The van der Waals surface area contributed by atoms with Gasteiger partial charge in [-0.3, -0.25) is 12.5 Å². The van der Waals surface area contributed by atoms with Crippen molar-refractivity contribution in [3.8, 4) is 0 Å². The summed E-state index contributed by atoms with van der Waals surface area (Å²) in [4.78, 5) is 0. The summed E-state index contributed by atoms with van der Waals surface area (Å²) >= 11 is 0. The minimum absolute atomic E-state index is 0.0257. The van der Waals surface area contributed by atoms with Gasteiger partial charge >= 0.3 is 0 Å². The van der Waals surface area contributed by atoms with Crippen molar-refractivity contribution in [2.24, 2.45) is 5.92 Å². The van der Waals surface area contributed by atoms with Crippen molar-refractivity contribution >= 4 is 30.4 Å². The lowest BCUT2D eigenvalue weighted by molar-refractivity contribution is -0.0181. The van der Waals surface area contributed by atoms with Crippen molar-refractivity contribution in [1.29, 1.82) is 0 Å². The third kappa shape index (κ3) is 21.9. The zero-order chi connectivity index (χ0) is 21.7. The molecule has 0 aliphatic rings. The van der Waals surface area contributed by atoms with E-state index in [0.29, 0.717) is 0 Å². The Morgan fingerprint density at radius 2 is 0.750 bits per heavy atom. The van der Waals surface area contributed by atoms with Gasteiger partial charge in [0.05, 0.1) is 78.2 Å². The average molecular weight is 473 g/mol. The van der Waals surface area contributed by atoms with Crippen LogP contribution in [0.5, 0.6) is 0 Å². The normalized spacial score (nSPS) is 13.3. The van der Waals surface area contributed by atoms with Gasteiger partial charge in [-0.05, 0) is 0 Å². The monoisotopic (exact) mass is 472 g/mol. The zero-order valence-electron chi connectivity index (χ0n) is 16.1. The first-order chi connectivity index (χ1) is 12.8. The maximum Gasteiger partial charge on any atom is 0.264 e. The Morgan fingerprint density at radius 3 is 0.964 bits per heavy atom. The van der Waals surface area contributed by atoms with E-state index in [4.69, 9.17) is 14.2 Å². The standard InChI is InChI=1S/C13H28O12S3/c1-26(14,15)23-7-4-20-10-13(11-21-5-8-24-27(2,16)17)12-22-6-9-25-28(3,18)19/h13H,4-12H2,1-3H3. The van der Waals surface area contributed by atoms with E-state index in [1.807, 2.05) is 0 Å². The molecule has 0 aromatic heterocycles. The molecular formula is C13H28O12S3. The number of rotatable bonds is 18. The molecule has 0 saturated heterocycles. The molecular weight excluding hydrogens is 444 g/mol. The Balaban J connectivity index is 4.17. The molecule has 0 rings (SSSR count). The van der Waals surface area contributed by atoms with Crippen LogP contribution in [0.4, 0.5) is 0 Å². The van der Waals surface area contributed by atoms with Gasteiger partial charge in [0, 0.05) is 5.92 Å². The third-order valence-corrected chi connectivity index (χ3v) is 4.42. The van der Waals surface area contributed by atoms with Crippen LogP contribution in [0.25, 0.3) is 0 Å². The molecule has 0 aromatic rings. The molecule has 0 fully saturated rings. The fraction of sp³-hybridized carbons (Fsp3) is 1.00. The first-order valence-electron chi connectivity index (χ1n) is 8.05. The lowest BCUT2D eigenvalue weighted by Crippen LogP contribution is -2.25. The van der Waals surface area contributed by atoms with Crippen molar-refractivity contribution in [2.75, 3.05) is 78.2 Å². The molecule has 28 heavy (non-hydrogen) atoms. The molecule has 0 unspecified atom stereocenters. The van der Waals surface area contributed by atoms with Crippen molar-refractivity contribution in [3.63, 3.8) is 0 Å². The lowest BCUT2D eigenvalue weighted by Gasteiger charge is -2.17. The lowest BCUT2D eigenvalue weighted by atomic mass is 10.2. The molecule has 0 aliphatic heterocycles. The average Bonchev–Trinajstić information content (AvgIpc) is 2.49. The summed E-state index contributed by atoms with van der Waals surface area (Å²) in [6, 6.07) is 0. The largest absolute Gasteiger partial charge is 0.379 e. The summed E-state index contributed by atoms with van der Waals surface area (Å²) in [7, 11) is -10.6. The highest BCUT2D eigenvalue weighted by Crippen LogP contribution is 2.02. The number of ether oxygens (including phenoxy) is 3. The molecule has 0 N–H and O–H groups in total. The van der Waals surface area contributed by atoms with Crippen molar-refractivity contribution in [3.05, 3.63) is 0 Å². The highest BCUT2D eigenvalue weighted by Gasteiger charge is 2.12. The quantitative estimate of drug-likeness (QED) is 0.170. The second kappa shape index (κ2) is 13.8. The Kier molecular flexibility index (Phi) is 13.6. The van der Waals surface area contributed by atoms with Crippen LogP contribution in [0, 0.1) is 5.92 Å². The Labute approximate surface area is 166 Å². The fourth-order valence-electron chi connectivity index (χ4n) is 1.63. The Morgan fingerprint density at radius 1 is 0.500 bits per heavy atom. The Bertz CT molecular complexity index is 614. The molecule has 0 amide bonds. The fourth-order valence-corrected chi connectivity index (χ4v) is 2.74. The van der Waals surface area contributed by atoms with Crippen LogP contribution in [0.15, 0.2) is 0 Å². The summed E-state index contributed by atoms with van der Waals surface area (Å²) in [5, 5.41) is 0. The van der Waals surface area contributed by atoms with Crippen molar-refractivity contribution in [1.82, 2.24) is 0 Å². The van der Waals surface area contributed by atoms with E-state index in [2.05, 4.69) is 12.5 Å². The molecule has 15 heteroatoms. The van der Waals surface area contributed by atoms with E-state index in [-0.39, 0.29) is 65.4 Å². The molecule has 0 saturated carbocycles. The van der Waals surface area contributed by atoms with Crippen LogP contribution in [-0.2, 0) is 57.1 Å². The van der Waals surface area contributed by atoms with Crippen LogP contribution >= 0.6 is 0 Å². The minimum Gasteiger partial charge on any atom is -0.379 e. The van der Waals surface area contributed by atoms with Gasteiger partial charge in [-0.1, -0.05) is 0 Å². The minimum atomic E-state index is -3.55. The molecule has 0 atom stereocenters. The van der Waals surface area contributed by atoms with Crippen LogP contribution in [-0.4, -0.2) is 103 Å². The summed E-state index contributed by atoms with van der Waals surface area (Å²) in [6.45, 7) is 0.0911. The van der Waals surface area contributed by atoms with E-state index in [0.717, 1.165) is 18.8 Å². The van der Waals surface area contributed by atoms with Crippen molar-refractivity contribution < 1.29 is 52.0 Å². The van der Waals surface area contributed by atoms with Gasteiger partial charge in [0.15, 0.2) is 0 Å². The van der Waals surface area contributed by atoms with Gasteiger partial charge < -0.3 is 14.2 Å². The maximum atomic E-state index is 10.8. The molecule has 0 aromatic carbocycles. The highest BCUT2D eigenvalue weighted by atomic mass is 32.2. The van der Waals surface area contributed by atoms with Gasteiger partial charge in [0.25, 0.3) is 30.4 Å². The summed E-state index contributed by atoms with van der Waals surface area (Å²) in [5.74, 6) is -0.283. The molecule has 12 nitrogen and oxygen atoms in total. The predicted molar refractivity (Wildman–Crippen MR) is 98.3 cm³/mol. The molecule has 0 aliphatic carbocycles. The van der Waals surface area contributed by atoms with Gasteiger partial charge in [-0.15, -0.1) is 0 Å². The molecule has 0 spiro atoms. The van der Waals surface area contributed by atoms with E-state index in [1.165, 1.54) is 0 Å². The second-order valence-electron chi connectivity index (χ2n) is 5.67. The second-order valence-corrected chi connectivity index (χ2v) is 10.6. The van der Waals surface area contributed by atoms with Gasteiger partial charge in [0.1, 0.15) is 0 Å². The topological polar surface area (TPSA) is 158 Å². The van der Waals surface area contributed by atoms with Crippen molar-refractivity contribution in [2.45, 2.75) is 0 Å². The summed E-state index contributed by atoms with van der Waals surface area (Å²) < 4.78 is 94.6. The Hall–Kier alpha value is -0.390. The number of hydrogen-bond acceptors (Lipinski definition) is 12. The smallest absolute Gasteiger partial charge is 0.264 e. The van der Waals surface area contributed by atoms with E-state index in [9.17, 15) is 25.3 Å². The highest BCUT2D eigenvalue weighted by molar-refractivity contribution is 7.86. The first kappa shape index (κ1) is 27.6. The zero-order valence-corrected chi connectivity index (χ0v) is 18.5. The number of hydrogen-bond donors (Lipinski definition) is 0. The maximum absolute atomic E-state index is 10.8. The van der Waals surface area contributed by atoms with E-state index >= 15 is 0 Å². The van der Waals surface area contributed by atoms with Crippen LogP contribution < -0.4 is 0 Å². The van der Waals surface area contributed by atoms with Crippen LogP contribution in [0.2, 0.25) is 0 Å². The summed E-state index contributed by atoms with van der Waals surface area (Å²) in [6.07, 6.45) is 2.78. The molecule has 0 bridgehead atoms. The van der Waals surface area contributed by atoms with E-state index < -0.39 is 30.4 Å². The van der Waals surface area contributed by atoms with Gasteiger partial charge in [0.2, 0.25) is 0 Å². The first-order valence-corrected chi connectivity index (χ1v) is 13.5. The molecule has 0 heterocycles. The van der Waals surface area contributed by atoms with Crippen LogP contribution in [0.1, 0.15) is 0 Å². The van der Waals surface area contributed by atoms with Crippen LogP contribution in [0.3, 0.4) is 0 Å². The van der Waals surface area contributed by atoms with Gasteiger partial charge in [-0.25, -0.2) is 0 Å². The molecule has 0 radical (unpaired) electrons. The van der Waals surface area contributed by atoms with E-state index in [1.54, 1.807) is 0 Å². The predicted octanol–water partition coefficient (Wildman–Crippen LogP) is -1.42.